The Hall–Kier alpha value is -14.8. The summed E-state index contributed by atoms with van der Waals surface area (Å²) in [6.07, 6.45) is 22.5. The monoisotopic (exact) mass is 2230 g/mol. The average Bonchev–Trinajstić information content (AvgIpc) is 1.54. The van der Waals surface area contributed by atoms with Crippen LogP contribution in [0.3, 0.4) is 0 Å². The highest BCUT2D eigenvalue weighted by atomic mass is 79.9. The second-order valence-electron chi connectivity index (χ2n) is 39.4. The van der Waals surface area contributed by atoms with Crippen molar-refractivity contribution in [1.82, 2.24) is 119 Å². The van der Waals surface area contributed by atoms with E-state index in [9.17, 15) is 47.9 Å². The number of aromatic nitrogens is 22. The Morgan fingerprint density at radius 3 is 1.13 bits per heavy atom. The molecule has 17 heterocycles. The number of nitrogens with one attached hydrogen (secondary N) is 3. The lowest BCUT2D eigenvalue weighted by atomic mass is 9.81. The number of pyridine rings is 6. The molecular formula is C100H110BBr3N26O19. The molecule has 0 spiro atoms. The molecule has 3 saturated heterocycles. The summed E-state index contributed by atoms with van der Waals surface area (Å²) in [5, 5.41) is 37.6. The van der Waals surface area contributed by atoms with Gasteiger partial charge in [0.2, 0.25) is 17.7 Å². The van der Waals surface area contributed by atoms with Crippen LogP contribution < -0.4 is 40.4 Å². The van der Waals surface area contributed by atoms with Gasteiger partial charge in [0.1, 0.15) is 91.6 Å². The fraction of sp³-hybridized carbons (Fsp3) is 0.400. The van der Waals surface area contributed by atoms with E-state index in [0.29, 0.717) is 128 Å². The van der Waals surface area contributed by atoms with Gasteiger partial charge < -0.3 is 63.7 Å². The number of carboxylic acid groups (broad SMARTS) is 1. The number of fused-ring (bicyclic) bond motifs is 6. The summed E-state index contributed by atoms with van der Waals surface area (Å²) in [6.45, 7) is 31.9. The highest BCUT2D eigenvalue weighted by Crippen LogP contribution is 2.59. The van der Waals surface area contributed by atoms with Gasteiger partial charge in [-0.1, -0.05) is 26.0 Å². The Morgan fingerprint density at radius 2 is 0.785 bits per heavy atom. The molecule has 778 valence electrons. The zero-order valence-electron chi connectivity index (χ0n) is 85.8. The number of carboxylic acids is 1. The lowest BCUT2D eigenvalue weighted by molar-refractivity contribution is -0.156. The van der Waals surface area contributed by atoms with Gasteiger partial charge in [-0.25, -0.2) is 54.8 Å². The number of methoxy groups -OCH3 is 4. The van der Waals surface area contributed by atoms with Crippen LogP contribution in [-0.4, -0.2) is 260 Å². The van der Waals surface area contributed by atoms with Crippen LogP contribution in [0.4, 0.5) is 11.6 Å². The summed E-state index contributed by atoms with van der Waals surface area (Å²) in [5.74, 6) is -2.19. The molecule has 6 atom stereocenters. The van der Waals surface area contributed by atoms with Gasteiger partial charge in [0.25, 0.3) is 0 Å². The third-order valence-corrected chi connectivity index (χ3v) is 26.4. The standard InChI is InChI=1S/C28H27BrN8O4.C19H21N5O4.C15H13N5O4.C14H16BrN3O3.C13H16BrN3O.C11H17BN2O3/c1-14-5-6-22(29)33-25(14)34-26(40)19-8-28(3)9-21(28)37(19)23(39)13-36-20-12-30-18(7-17(20)24(35-36)15(2)38)16-10-31-27(41-4)32-11-16;1-11(25)17-13-6-14(12-7-21-18(27-5)22-8-12)20-9-15(13)24(23-17)10-16(26)28-19(2,3)4;1-8(21)14-10-3-11(9-4-17-15(24-2)18-5-9)16-6-12(10)20(19-14)7-13(22)23;1-8(19)13-9-5-11(15)16-6-10(9)18(17-13)7-12(20)21-14(2,3)4;1-7-3-4-10(14)16-11(7)17-12(18)8-5-13(2)6-9(13)15-8;1-10(2)11(3,4)17-12(16-10)8-6-13-9(15-5)14-7-8/h5-7,10-12,19,21H,8-9,13H2,1-4H3,(H,33,34,40);6-9H,10H2,1-5H3;3-6H,7H2,1-2H3,(H,22,23);5-6H,7H2,1-4H3;3-4,8-9,15H,5-6H2,1-2H3,(H,16,17,18);6-7H,1-5H3/t19-,21+,28-;;;;8-,9+,13-;/m0...0./s1. The second kappa shape index (κ2) is 44.7. The molecule has 2 aliphatic carbocycles. The van der Waals surface area contributed by atoms with Gasteiger partial charge in [-0.05, 0) is 215 Å². The highest BCUT2D eigenvalue weighted by molar-refractivity contribution is 9.11. The first-order chi connectivity index (χ1) is 70.2. The number of hydrogen-bond donors (Lipinski definition) is 4. The molecule has 5 fully saturated rings. The van der Waals surface area contributed by atoms with Crippen LogP contribution in [0.2, 0.25) is 0 Å². The summed E-state index contributed by atoms with van der Waals surface area (Å²) in [6, 6.07) is 15.2. The van der Waals surface area contributed by atoms with E-state index < -0.39 is 42.3 Å². The van der Waals surface area contributed by atoms with E-state index in [1.54, 1.807) is 145 Å². The molecule has 0 aromatic carbocycles. The maximum atomic E-state index is 13.8. The lowest BCUT2D eigenvalue weighted by Crippen LogP contribution is -2.47. The number of aliphatic carboxylic acids is 1. The predicted octanol–water partition coefficient (Wildman–Crippen LogP) is 13.0. The van der Waals surface area contributed by atoms with Gasteiger partial charge in [0, 0.05) is 133 Å². The molecular weight excluding hydrogens is 2120 g/mol. The van der Waals surface area contributed by atoms with Crippen LogP contribution >= 0.6 is 47.8 Å². The number of ether oxygens (including phenoxy) is 6. The van der Waals surface area contributed by atoms with Crippen molar-refractivity contribution in [3.63, 3.8) is 0 Å². The fourth-order valence-electron chi connectivity index (χ4n) is 16.6. The minimum absolute atomic E-state index is 0.0251. The highest BCUT2D eigenvalue weighted by Gasteiger charge is 2.65. The van der Waals surface area contributed by atoms with Crippen LogP contribution in [0, 0.1) is 24.7 Å². The lowest BCUT2D eigenvalue weighted by Gasteiger charge is -2.32. The molecule has 14 aromatic heterocycles. The molecule has 19 rings (SSSR count). The van der Waals surface area contributed by atoms with Crippen molar-refractivity contribution >= 4 is 174 Å². The number of anilines is 2. The number of esters is 2. The summed E-state index contributed by atoms with van der Waals surface area (Å²) < 4.78 is 49.7. The Morgan fingerprint density at radius 1 is 0.436 bits per heavy atom. The van der Waals surface area contributed by atoms with Crippen molar-refractivity contribution in [2.24, 2.45) is 10.8 Å². The van der Waals surface area contributed by atoms with E-state index in [1.165, 1.54) is 87.5 Å². The maximum Gasteiger partial charge on any atom is 0.498 e. The summed E-state index contributed by atoms with van der Waals surface area (Å²) in [5.41, 5.74) is 7.77. The minimum atomic E-state index is -1.05. The first kappa shape index (κ1) is 110. The molecule has 5 aliphatic rings. The Kier molecular flexibility index (Phi) is 33.0. The number of likely N-dealkylation sites (tertiary alicyclic amines) is 1. The molecule has 4 N–H and O–H groups in total. The maximum absolute atomic E-state index is 13.8. The van der Waals surface area contributed by atoms with Crippen LogP contribution in [0.1, 0.15) is 190 Å². The van der Waals surface area contributed by atoms with Gasteiger partial charge in [-0.3, -0.25) is 81.6 Å². The fourth-order valence-corrected chi connectivity index (χ4v) is 17.6. The van der Waals surface area contributed by atoms with Gasteiger partial charge in [0.05, 0.1) is 110 Å². The van der Waals surface area contributed by atoms with Gasteiger partial charge in [-0.15, -0.1) is 0 Å². The van der Waals surface area contributed by atoms with Gasteiger partial charge in [-0.2, -0.15) is 20.4 Å². The summed E-state index contributed by atoms with van der Waals surface area (Å²) in [4.78, 5) is 183. The Balaban J connectivity index is 0.000000145. The quantitative estimate of drug-likeness (QED) is 0.0189. The van der Waals surface area contributed by atoms with E-state index in [2.05, 4.69) is 168 Å². The number of hydrogen-bond acceptors (Lipinski definition) is 37. The zero-order valence-corrected chi connectivity index (χ0v) is 90.6. The third-order valence-electron chi connectivity index (χ3n) is 25.1. The number of amides is 3. The van der Waals surface area contributed by atoms with Crippen molar-refractivity contribution < 1.29 is 90.8 Å². The van der Waals surface area contributed by atoms with E-state index in [4.69, 9.17) is 42.8 Å². The van der Waals surface area contributed by atoms with Crippen molar-refractivity contribution in [3.05, 3.63) is 171 Å². The zero-order chi connectivity index (χ0) is 108. The number of carbonyl (C=O) groups is 10. The van der Waals surface area contributed by atoms with Gasteiger partial charge >= 0.3 is 49.1 Å². The SMILES string of the molecule is CC(=O)c1nn(CC(=O)OC(C)(C)C)c2cnc(Br)cc12.COc1ncc(-c2cc3c(C(C)=O)nn(CC(=O)N4[C@H](C(=O)Nc5nc(Br)ccc5C)C[C@@]5(C)C[C@@H]45)c3cn2)cn1.COc1ncc(-c2cc3c(C(C)=O)nn(CC(=O)O)c3cn2)cn1.COc1ncc(-c2cc3c(C(C)=O)nn(CC(=O)OC(C)(C)C)c3cn2)cn1.COc1ncc(B2OC(C)(C)C(C)(C)O2)cn1.Cc1ccc(Br)nc1NC(=O)[C@@H]1C[C@@]2(C)C[C@H]2N1. The topological polar surface area (TPSA) is 556 Å². The second-order valence-corrected chi connectivity index (χ2v) is 41.8. The summed E-state index contributed by atoms with van der Waals surface area (Å²) in [7, 11) is 5.54. The van der Waals surface area contributed by atoms with E-state index >= 15 is 0 Å². The average molecular weight is 2230 g/mol. The van der Waals surface area contributed by atoms with E-state index in [0.717, 1.165) is 34.0 Å². The molecule has 49 heteroatoms. The number of piperidine rings is 2. The van der Waals surface area contributed by atoms with Crippen molar-refractivity contribution in [1.29, 1.82) is 0 Å². The number of carbonyl (C=O) groups excluding carboxylic acids is 9. The number of nitrogens with zero attached hydrogens (tertiary/aromatic N) is 23. The number of ketones is 4. The Bertz CT molecular complexity index is 7490. The predicted molar refractivity (Wildman–Crippen MR) is 555 cm³/mol. The molecule has 3 amide bonds. The Labute approximate surface area is 880 Å². The van der Waals surface area contributed by atoms with Gasteiger partial charge in [0.15, 0.2) is 23.1 Å². The first-order valence-electron chi connectivity index (χ1n) is 46.8. The van der Waals surface area contributed by atoms with Crippen molar-refractivity contribution in [2.45, 2.75) is 223 Å². The first-order valence-corrected chi connectivity index (χ1v) is 49.2. The minimum Gasteiger partial charge on any atom is -0.480 e. The summed E-state index contributed by atoms with van der Waals surface area (Å²) >= 11 is 9.93. The molecule has 45 nitrogen and oxygen atoms in total. The molecule has 0 unspecified atom stereocenters. The van der Waals surface area contributed by atoms with E-state index in [-0.39, 0.29) is 131 Å². The van der Waals surface area contributed by atoms with Crippen molar-refractivity contribution in [2.75, 3.05) is 39.1 Å². The smallest absolute Gasteiger partial charge is 0.480 e. The number of halogens is 3. The van der Waals surface area contributed by atoms with E-state index in [1.807, 2.05) is 59.7 Å². The molecule has 0 radical (unpaired) electrons. The molecule has 149 heavy (non-hydrogen) atoms. The number of rotatable bonds is 24. The van der Waals surface area contributed by atoms with Crippen LogP contribution in [0.15, 0.2) is 137 Å². The van der Waals surface area contributed by atoms with Crippen LogP contribution in [-0.2, 0) is 73.7 Å². The molecule has 14 aromatic rings. The van der Waals surface area contributed by atoms with Crippen LogP contribution in [0.5, 0.6) is 24.0 Å². The largest absolute Gasteiger partial charge is 0.498 e. The van der Waals surface area contributed by atoms with Crippen molar-refractivity contribution in [3.8, 4) is 57.8 Å². The molecule has 2 saturated carbocycles. The number of aryl methyl sites for hydroxylation is 2. The third kappa shape index (κ3) is 26.1. The van der Waals surface area contributed by atoms with Crippen LogP contribution in [0.25, 0.3) is 77.4 Å². The number of Topliss-reactive ketones (excluding diaryl/α,β-unsaturated/α-hetero) is 4. The molecule has 3 aliphatic heterocycles. The molecule has 0 bridgehead atoms. The normalized spacial score (nSPS) is 17.8.